The van der Waals surface area contributed by atoms with Crippen LogP contribution in [0.3, 0.4) is 0 Å². The fourth-order valence-corrected chi connectivity index (χ4v) is 3.39. The van der Waals surface area contributed by atoms with Gasteiger partial charge < -0.3 is 15.5 Å². The summed E-state index contributed by atoms with van der Waals surface area (Å²) in [5.74, 6) is -0.944. The van der Waals surface area contributed by atoms with Crippen LogP contribution in [0.25, 0.3) is 0 Å². The zero-order valence-electron chi connectivity index (χ0n) is 15.7. The molecule has 5 nitrogen and oxygen atoms in total. The first-order valence-electron chi connectivity index (χ1n) is 9.28. The van der Waals surface area contributed by atoms with Gasteiger partial charge in [0, 0.05) is 30.9 Å². The molecule has 148 valence electrons. The number of halogens is 2. The van der Waals surface area contributed by atoms with E-state index in [2.05, 4.69) is 10.6 Å². The zero-order chi connectivity index (χ0) is 20.1. The van der Waals surface area contributed by atoms with Crippen molar-refractivity contribution in [2.75, 3.05) is 25.0 Å². The summed E-state index contributed by atoms with van der Waals surface area (Å²) in [7, 11) is 0. The van der Waals surface area contributed by atoms with Gasteiger partial charge in [-0.05, 0) is 61.6 Å². The third-order valence-corrected chi connectivity index (χ3v) is 4.87. The van der Waals surface area contributed by atoms with E-state index < -0.39 is 17.7 Å². The van der Waals surface area contributed by atoms with Gasteiger partial charge in [-0.2, -0.15) is 0 Å². The van der Waals surface area contributed by atoms with Crippen molar-refractivity contribution < 1.29 is 18.4 Å². The van der Waals surface area contributed by atoms with Crippen molar-refractivity contribution in [1.82, 2.24) is 10.2 Å². The van der Waals surface area contributed by atoms with Gasteiger partial charge in [0.15, 0.2) is 0 Å². The quantitative estimate of drug-likeness (QED) is 0.835. The molecule has 2 aromatic rings. The normalized spacial score (nSPS) is 16.5. The topological polar surface area (TPSA) is 61.4 Å². The van der Waals surface area contributed by atoms with Gasteiger partial charge in [-0.15, -0.1) is 0 Å². The molecule has 3 rings (SSSR count). The number of hydrogen-bond donors (Lipinski definition) is 2. The lowest BCUT2D eigenvalue weighted by Gasteiger charge is -2.33. The van der Waals surface area contributed by atoms with E-state index in [9.17, 15) is 18.4 Å². The number of anilines is 1. The average molecular weight is 387 g/mol. The molecule has 1 unspecified atom stereocenters. The molecule has 0 aliphatic carbocycles. The Morgan fingerprint density at radius 3 is 2.71 bits per heavy atom. The number of piperidine rings is 1. The molecule has 2 N–H and O–H groups in total. The smallest absolute Gasteiger partial charge is 0.319 e. The molecule has 3 amide bonds. The largest absolute Gasteiger partial charge is 0.338 e. The molecule has 1 atom stereocenters. The SMILES string of the molecule is Cc1ccc(F)cc1C(=O)N1CCCC(CNC(=O)Nc2cccc(F)c2)C1. The number of carbonyl (C=O) groups is 2. The molecular weight excluding hydrogens is 364 g/mol. The maximum Gasteiger partial charge on any atom is 0.319 e. The number of urea groups is 1. The van der Waals surface area contributed by atoms with Gasteiger partial charge in [0.1, 0.15) is 11.6 Å². The van der Waals surface area contributed by atoms with E-state index in [1.807, 2.05) is 0 Å². The lowest BCUT2D eigenvalue weighted by Crippen LogP contribution is -2.44. The van der Waals surface area contributed by atoms with E-state index in [0.29, 0.717) is 30.9 Å². The van der Waals surface area contributed by atoms with E-state index in [4.69, 9.17) is 0 Å². The summed E-state index contributed by atoms with van der Waals surface area (Å²) in [6, 6.07) is 9.45. The summed E-state index contributed by atoms with van der Waals surface area (Å²) >= 11 is 0. The van der Waals surface area contributed by atoms with E-state index >= 15 is 0 Å². The van der Waals surface area contributed by atoms with Crippen molar-refractivity contribution >= 4 is 17.6 Å². The molecule has 1 fully saturated rings. The maximum atomic E-state index is 13.5. The van der Waals surface area contributed by atoms with Gasteiger partial charge in [-0.25, -0.2) is 13.6 Å². The third-order valence-electron chi connectivity index (χ3n) is 4.87. The molecule has 0 spiro atoms. The first-order valence-corrected chi connectivity index (χ1v) is 9.28. The van der Waals surface area contributed by atoms with Crippen LogP contribution in [0.5, 0.6) is 0 Å². The zero-order valence-corrected chi connectivity index (χ0v) is 15.7. The van der Waals surface area contributed by atoms with E-state index in [-0.39, 0.29) is 11.8 Å². The van der Waals surface area contributed by atoms with Crippen molar-refractivity contribution in [1.29, 1.82) is 0 Å². The minimum Gasteiger partial charge on any atom is -0.338 e. The molecule has 0 aromatic heterocycles. The number of rotatable bonds is 4. The Morgan fingerprint density at radius 1 is 1.14 bits per heavy atom. The Kier molecular flexibility index (Phi) is 6.23. The van der Waals surface area contributed by atoms with Gasteiger partial charge in [0.25, 0.3) is 5.91 Å². The van der Waals surface area contributed by atoms with Crippen molar-refractivity contribution in [3.05, 3.63) is 65.2 Å². The second-order valence-corrected chi connectivity index (χ2v) is 7.06. The molecule has 0 saturated carbocycles. The number of amides is 3. The summed E-state index contributed by atoms with van der Waals surface area (Å²) in [5, 5.41) is 5.35. The molecule has 2 aromatic carbocycles. The Bertz CT molecular complexity index is 872. The van der Waals surface area contributed by atoms with Gasteiger partial charge >= 0.3 is 6.03 Å². The number of likely N-dealkylation sites (tertiary alicyclic amines) is 1. The number of carbonyl (C=O) groups excluding carboxylic acids is 2. The van der Waals surface area contributed by atoms with Gasteiger partial charge in [0.05, 0.1) is 0 Å². The van der Waals surface area contributed by atoms with E-state index in [1.54, 1.807) is 24.0 Å². The Balaban J connectivity index is 1.54. The van der Waals surface area contributed by atoms with Gasteiger partial charge in [0.2, 0.25) is 0 Å². The monoisotopic (exact) mass is 387 g/mol. The molecule has 1 saturated heterocycles. The van der Waals surface area contributed by atoms with Crippen LogP contribution in [0.15, 0.2) is 42.5 Å². The average Bonchev–Trinajstić information content (AvgIpc) is 2.68. The number of nitrogens with one attached hydrogen (secondary N) is 2. The van der Waals surface area contributed by atoms with Crippen LogP contribution >= 0.6 is 0 Å². The summed E-state index contributed by atoms with van der Waals surface area (Å²) in [5.41, 5.74) is 1.48. The number of aryl methyl sites for hydroxylation is 1. The fourth-order valence-electron chi connectivity index (χ4n) is 3.39. The molecule has 1 aliphatic rings. The molecule has 7 heteroatoms. The molecule has 28 heavy (non-hydrogen) atoms. The molecule has 0 bridgehead atoms. The summed E-state index contributed by atoms with van der Waals surface area (Å²) in [6.07, 6.45) is 1.70. The van der Waals surface area contributed by atoms with Crippen LogP contribution in [-0.4, -0.2) is 36.5 Å². The summed E-state index contributed by atoms with van der Waals surface area (Å²) < 4.78 is 26.7. The predicted octanol–water partition coefficient (Wildman–Crippen LogP) is 3.95. The van der Waals surface area contributed by atoms with E-state index in [0.717, 1.165) is 18.4 Å². The minimum absolute atomic E-state index is 0.102. The third kappa shape index (κ3) is 5.06. The van der Waals surface area contributed by atoms with Crippen molar-refractivity contribution in [3.8, 4) is 0 Å². The van der Waals surface area contributed by atoms with Crippen molar-refractivity contribution in [2.24, 2.45) is 5.92 Å². The van der Waals surface area contributed by atoms with Crippen LogP contribution < -0.4 is 10.6 Å². The molecule has 1 heterocycles. The lowest BCUT2D eigenvalue weighted by molar-refractivity contribution is 0.0674. The molecule has 1 aliphatic heterocycles. The highest BCUT2D eigenvalue weighted by Gasteiger charge is 2.25. The van der Waals surface area contributed by atoms with Crippen molar-refractivity contribution in [3.63, 3.8) is 0 Å². The molecule has 0 radical (unpaired) electrons. The fraction of sp³-hybridized carbons (Fsp3) is 0.333. The van der Waals surface area contributed by atoms with Crippen LogP contribution in [0.1, 0.15) is 28.8 Å². The highest BCUT2D eigenvalue weighted by atomic mass is 19.1. The Labute approximate surface area is 162 Å². The minimum atomic E-state index is -0.432. The Hall–Kier alpha value is -2.96. The standard InChI is InChI=1S/C21H23F2N3O2/c1-14-7-8-17(23)11-19(14)20(27)26-9-3-4-15(13-26)12-24-21(28)25-18-6-2-5-16(22)10-18/h2,5-8,10-11,15H,3-4,9,12-13H2,1H3,(H2,24,25,28). The number of nitrogens with zero attached hydrogens (tertiary/aromatic N) is 1. The maximum absolute atomic E-state index is 13.5. The van der Waals surface area contributed by atoms with Crippen molar-refractivity contribution in [2.45, 2.75) is 19.8 Å². The first kappa shape index (κ1) is 19.8. The highest BCUT2D eigenvalue weighted by Crippen LogP contribution is 2.20. The van der Waals surface area contributed by atoms with Crippen LogP contribution in [0, 0.1) is 24.5 Å². The predicted molar refractivity (Wildman–Crippen MR) is 103 cm³/mol. The summed E-state index contributed by atoms with van der Waals surface area (Å²) in [4.78, 5) is 26.5. The first-order chi connectivity index (χ1) is 13.4. The van der Waals surface area contributed by atoms with Crippen LogP contribution in [-0.2, 0) is 0 Å². The highest BCUT2D eigenvalue weighted by molar-refractivity contribution is 5.95. The molecular formula is C21H23F2N3O2. The van der Waals surface area contributed by atoms with E-state index in [1.165, 1.54) is 30.3 Å². The van der Waals surface area contributed by atoms with Crippen LogP contribution in [0.4, 0.5) is 19.3 Å². The van der Waals surface area contributed by atoms with Gasteiger partial charge in [-0.3, -0.25) is 4.79 Å². The summed E-state index contributed by atoms with van der Waals surface area (Å²) in [6.45, 7) is 3.29. The second kappa shape index (κ2) is 8.82. The second-order valence-electron chi connectivity index (χ2n) is 7.06. The number of hydrogen-bond acceptors (Lipinski definition) is 2. The Morgan fingerprint density at radius 2 is 1.93 bits per heavy atom. The lowest BCUT2D eigenvalue weighted by atomic mass is 9.96. The van der Waals surface area contributed by atoms with Crippen LogP contribution in [0.2, 0.25) is 0 Å². The van der Waals surface area contributed by atoms with Gasteiger partial charge in [-0.1, -0.05) is 12.1 Å². The number of benzene rings is 2.